The van der Waals surface area contributed by atoms with Crippen molar-refractivity contribution in [2.75, 3.05) is 26.7 Å². The molecule has 1 aliphatic heterocycles. The van der Waals surface area contributed by atoms with E-state index in [2.05, 4.69) is 10.2 Å². The first kappa shape index (κ1) is 12.8. The second-order valence-electron chi connectivity index (χ2n) is 4.68. The molecule has 1 atom stereocenters. The minimum Gasteiger partial charge on any atom is -0.319 e. The summed E-state index contributed by atoms with van der Waals surface area (Å²) in [6, 6.07) is 4.92. The third-order valence-electron chi connectivity index (χ3n) is 3.27. The summed E-state index contributed by atoms with van der Waals surface area (Å²) in [5.41, 5.74) is 0.736. The molecule has 1 fully saturated rings. The number of halogens is 2. The van der Waals surface area contributed by atoms with Gasteiger partial charge in [-0.25, -0.2) is 4.39 Å². The normalized spacial score (nSPS) is 21.0. The Hall–Kier alpha value is -0.640. The molecule has 2 rings (SSSR count). The molecule has 0 radical (unpaired) electrons. The Balaban J connectivity index is 1.93. The van der Waals surface area contributed by atoms with Crippen LogP contribution in [0.25, 0.3) is 0 Å². The molecule has 0 spiro atoms. The van der Waals surface area contributed by atoms with E-state index in [4.69, 9.17) is 11.6 Å². The van der Waals surface area contributed by atoms with Gasteiger partial charge < -0.3 is 5.32 Å². The number of hydrogen-bond donors (Lipinski definition) is 1. The summed E-state index contributed by atoms with van der Waals surface area (Å²) < 4.78 is 13.6. The lowest BCUT2D eigenvalue weighted by Gasteiger charge is -2.16. The molecule has 2 nitrogen and oxygen atoms in total. The second kappa shape index (κ2) is 5.80. The van der Waals surface area contributed by atoms with E-state index in [-0.39, 0.29) is 5.82 Å². The fourth-order valence-electron chi connectivity index (χ4n) is 2.40. The van der Waals surface area contributed by atoms with Crippen molar-refractivity contribution in [2.45, 2.75) is 13.0 Å². The molecule has 0 aromatic heterocycles. The number of likely N-dealkylation sites (tertiary alicyclic amines) is 1. The zero-order valence-electron chi connectivity index (χ0n) is 10.0. The lowest BCUT2D eigenvalue weighted by atomic mass is 10.1. The molecule has 1 saturated heterocycles. The molecule has 17 heavy (non-hydrogen) atoms. The Morgan fingerprint density at radius 3 is 3.06 bits per heavy atom. The smallest absolute Gasteiger partial charge is 0.129 e. The molecule has 1 N–H and O–H groups in total. The van der Waals surface area contributed by atoms with Crippen LogP contribution in [0.1, 0.15) is 12.0 Å². The van der Waals surface area contributed by atoms with E-state index in [1.165, 1.54) is 12.5 Å². The van der Waals surface area contributed by atoms with E-state index in [1.54, 1.807) is 12.1 Å². The van der Waals surface area contributed by atoms with E-state index in [1.807, 2.05) is 7.05 Å². The zero-order chi connectivity index (χ0) is 12.3. The standard InChI is InChI=1S/C13H18ClFN2/c1-16-7-10-4-5-17(8-10)9-11-2-3-12(14)6-13(11)15/h2-3,6,10,16H,4-5,7-9H2,1H3. The fourth-order valence-corrected chi connectivity index (χ4v) is 2.56. The molecule has 0 bridgehead atoms. The van der Waals surface area contributed by atoms with Gasteiger partial charge in [0.15, 0.2) is 0 Å². The van der Waals surface area contributed by atoms with E-state index >= 15 is 0 Å². The summed E-state index contributed by atoms with van der Waals surface area (Å²) in [6.07, 6.45) is 1.19. The summed E-state index contributed by atoms with van der Waals surface area (Å²) >= 11 is 5.74. The monoisotopic (exact) mass is 256 g/mol. The molecule has 94 valence electrons. The molecule has 1 aliphatic rings. The van der Waals surface area contributed by atoms with Gasteiger partial charge in [-0.3, -0.25) is 4.90 Å². The lowest BCUT2D eigenvalue weighted by molar-refractivity contribution is 0.310. The summed E-state index contributed by atoms with van der Waals surface area (Å²) in [4.78, 5) is 2.30. The minimum absolute atomic E-state index is 0.199. The van der Waals surface area contributed by atoms with Gasteiger partial charge in [0.25, 0.3) is 0 Å². The molecular weight excluding hydrogens is 239 g/mol. The van der Waals surface area contributed by atoms with Crippen LogP contribution >= 0.6 is 11.6 Å². The summed E-state index contributed by atoms with van der Waals surface area (Å²) in [6.45, 7) is 3.82. The zero-order valence-corrected chi connectivity index (χ0v) is 10.8. The Bertz CT molecular complexity index is 384. The van der Waals surface area contributed by atoms with Gasteiger partial charge in [-0.15, -0.1) is 0 Å². The van der Waals surface area contributed by atoms with Crippen LogP contribution in [0.3, 0.4) is 0 Å². The maximum atomic E-state index is 13.6. The van der Waals surface area contributed by atoms with Gasteiger partial charge in [-0.2, -0.15) is 0 Å². The first-order valence-electron chi connectivity index (χ1n) is 6.00. The predicted octanol–water partition coefficient (Wildman–Crippen LogP) is 2.52. The van der Waals surface area contributed by atoms with Crippen LogP contribution in [0, 0.1) is 11.7 Å². The van der Waals surface area contributed by atoms with Crippen molar-refractivity contribution in [3.63, 3.8) is 0 Å². The first-order chi connectivity index (χ1) is 8.19. The maximum absolute atomic E-state index is 13.6. The van der Waals surface area contributed by atoms with Crippen LogP contribution in [0.2, 0.25) is 5.02 Å². The second-order valence-corrected chi connectivity index (χ2v) is 5.12. The van der Waals surface area contributed by atoms with E-state index in [9.17, 15) is 4.39 Å². The Kier molecular flexibility index (Phi) is 4.37. The van der Waals surface area contributed by atoms with Crippen LogP contribution < -0.4 is 5.32 Å². The molecule has 1 aromatic rings. The number of nitrogens with zero attached hydrogens (tertiary/aromatic N) is 1. The average Bonchev–Trinajstić information content (AvgIpc) is 2.71. The average molecular weight is 257 g/mol. The molecule has 1 heterocycles. The molecule has 0 amide bonds. The fraction of sp³-hybridized carbons (Fsp3) is 0.538. The Morgan fingerprint density at radius 2 is 2.35 bits per heavy atom. The Labute approximate surface area is 107 Å². The van der Waals surface area contributed by atoms with Crippen molar-refractivity contribution in [1.82, 2.24) is 10.2 Å². The van der Waals surface area contributed by atoms with Gasteiger partial charge in [0, 0.05) is 23.7 Å². The van der Waals surface area contributed by atoms with Crippen LogP contribution in [0.15, 0.2) is 18.2 Å². The first-order valence-corrected chi connectivity index (χ1v) is 6.37. The third-order valence-corrected chi connectivity index (χ3v) is 3.51. The number of nitrogens with one attached hydrogen (secondary N) is 1. The highest BCUT2D eigenvalue weighted by atomic mass is 35.5. The molecule has 1 unspecified atom stereocenters. The van der Waals surface area contributed by atoms with E-state index < -0.39 is 0 Å². The van der Waals surface area contributed by atoms with Crippen LogP contribution in [0.4, 0.5) is 4.39 Å². The quantitative estimate of drug-likeness (QED) is 0.891. The van der Waals surface area contributed by atoms with E-state index in [0.29, 0.717) is 17.5 Å². The van der Waals surface area contributed by atoms with Crippen LogP contribution in [0.5, 0.6) is 0 Å². The summed E-state index contributed by atoms with van der Waals surface area (Å²) in [5.74, 6) is 0.491. The van der Waals surface area contributed by atoms with Crippen molar-refractivity contribution in [3.05, 3.63) is 34.6 Å². The molecule has 0 saturated carbocycles. The SMILES string of the molecule is CNCC1CCN(Cc2ccc(Cl)cc2F)C1. The lowest BCUT2D eigenvalue weighted by Crippen LogP contribution is -2.24. The maximum Gasteiger partial charge on any atom is 0.129 e. The third kappa shape index (κ3) is 3.41. The Morgan fingerprint density at radius 1 is 1.53 bits per heavy atom. The highest BCUT2D eigenvalue weighted by Gasteiger charge is 2.22. The van der Waals surface area contributed by atoms with Crippen molar-refractivity contribution in [2.24, 2.45) is 5.92 Å². The molecule has 4 heteroatoms. The van der Waals surface area contributed by atoms with Gasteiger partial charge in [0.2, 0.25) is 0 Å². The number of rotatable bonds is 4. The number of hydrogen-bond acceptors (Lipinski definition) is 2. The van der Waals surface area contributed by atoms with Crippen LogP contribution in [-0.4, -0.2) is 31.6 Å². The largest absolute Gasteiger partial charge is 0.319 e. The van der Waals surface area contributed by atoms with Crippen molar-refractivity contribution < 1.29 is 4.39 Å². The van der Waals surface area contributed by atoms with Gasteiger partial charge in [-0.05, 0) is 44.6 Å². The van der Waals surface area contributed by atoms with Gasteiger partial charge >= 0.3 is 0 Å². The van der Waals surface area contributed by atoms with Gasteiger partial charge in [0.1, 0.15) is 5.82 Å². The predicted molar refractivity (Wildman–Crippen MR) is 68.7 cm³/mol. The van der Waals surface area contributed by atoms with Crippen LogP contribution in [-0.2, 0) is 6.54 Å². The molecular formula is C13H18ClFN2. The topological polar surface area (TPSA) is 15.3 Å². The van der Waals surface area contributed by atoms with Gasteiger partial charge in [-0.1, -0.05) is 17.7 Å². The van der Waals surface area contributed by atoms with Gasteiger partial charge in [0.05, 0.1) is 0 Å². The highest BCUT2D eigenvalue weighted by molar-refractivity contribution is 6.30. The summed E-state index contributed by atoms with van der Waals surface area (Å²) in [7, 11) is 1.97. The summed E-state index contributed by atoms with van der Waals surface area (Å²) in [5, 5.41) is 3.65. The molecule has 1 aromatic carbocycles. The van der Waals surface area contributed by atoms with Crippen molar-refractivity contribution in [1.29, 1.82) is 0 Å². The minimum atomic E-state index is -0.199. The van der Waals surface area contributed by atoms with Crippen molar-refractivity contribution in [3.8, 4) is 0 Å². The van der Waals surface area contributed by atoms with E-state index in [0.717, 1.165) is 25.2 Å². The van der Waals surface area contributed by atoms with Crippen molar-refractivity contribution >= 4 is 11.6 Å². The number of benzene rings is 1. The highest BCUT2D eigenvalue weighted by Crippen LogP contribution is 2.21. The molecule has 0 aliphatic carbocycles.